The van der Waals surface area contributed by atoms with Gasteiger partial charge >= 0.3 is 0 Å². The summed E-state index contributed by atoms with van der Waals surface area (Å²) in [6, 6.07) is 9.49. The van der Waals surface area contributed by atoms with E-state index in [1.54, 1.807) is 7.11 Å². The summed E-state index contributed by atoms with van der Waals surface area (Å²) in [6.07, 6.45) is 1.41. The van der Waals surface area contributed by atoms with E-state index >= 15 is 0 Å². The molecule has 0 aliphatic carbocycles. The number of nitrogens with zero attached hydrogens (tertiary/aromatic N) is 1. The Hall–Kier alpha value is -1.85. The van der Waals surface area contributed by atoms with Gasteiger partial charge in [-0.15, -0.1) is 0 Å². The van der Waals surface area contributed by atoms with Gasteiger partial charge in [-0.05, 0) is 24.3 Å². The van der Waals surface area contributed by atoms with Crippen molar-refractivity contribution in [1.82, 2.24) is 5.16 Å². The Kier molecular flexibility index (Phi) is 3.69. The standard InChI is InChI=1S/C16H20N2O3/c1-18-9-7-16(19,8-10-18)15-11-14(17-21-15)12-3-5-13(20-2)6-4-12/h3-6,11,19H,7-10H2,1-2H3/p+1. The van der Waals surface area contributed by atoms with E-state index in [0.717, 1.165) is 30.1 Å². The van der Waals surface area contributed by atoms with Crippen molar-refractivity contribution in [2.75, 3.05) is 27.2 Å². The fourth-order valence-corrected chi connectivity index (χ4v) is 2.73. The third-order valence-corrected chi connectivity index (χ3v) is 4.29. The van der Waals surface area contributed by atoms with Crippen LogP contribution in [0.25, 0.3) is 11.3 Å². The van der Waals surface area contributed by atoms with Crippen LogP contribution < -0.4 is 9.64 Å². The van der Waals surface area contributed by atoms with Crippen LogP contribution in [0, 0.1) is 0 Å². The number of ether oxygens (including phenoxy) is 1. The summed E-state index contributed by atoms with van der Waals surface area (Å²) in [5, 5.41) is 14.8. The minimum Gasteiger partial charge on any atom is -0.497 e. The molecule has 1 aromatic carbocycles. The van der Waals surface area contributed by atoms with Crippen LogP contribution in [0.5, 0.6) is 5.75 Å². The molecule has 0 saturated carbocycles. The third kappa shape index (κ3) is 2.80. The molecule has 1 fully saturated rings. The van der Waals surface area contributed by atoms with Crippen molar-refractivity contribution in [3.8, 4) is 17.0 Å². The first kappa shape index (κ1) is 14.1. The summed E-state index contributed by atoms with van der Waals surface area (Å²) in [6.45, 7) is 1.88. The molecule has 1 aromatic heterocycles. The number of aromatic nitrogens is 1. The van der Waals surface area contributed by atoms with E-state index in [0.29, 0.717) is 18.6 Å². The fourth-order valence-electron chi connectivity index (χ4n) is 2.73. The highest BCUT2D eigenvalue weighted by molar-refractivity contribution is 5.60. The summed E-state index contributed by atoms with van der Waals surface area (Å²) in [5.74, 6) is 1.38. The zero-order chi connectivity index (χ0) is 14.9. The van der Waals surface area contributed by atoms with Crippen molar-refractivity contribution in [3.63, 3.8) is 0 Å². The molecule has 2 aromatic rings. The predicted molar refractivity (Wildman–Crippen MR) is 78.2 cm³/mol. The maximum atomic E-state index is 10.7. The lowest BCUT2D eigenvalue weighted by molar-refractivity contribution is -0.887. The molecule has 0 atom stereocenters. The van der Waals surface area contributed by atoms with Gasteiger partial charge in [0.1, 0.15) is 17.0 Å². The summed E-state index contributed by atoms with van der Waals surface area (Å²) in [5.41, 5.74) is 0.817. The number of benzene rings is 1. The Morgan fingerprint density at radius 2 is 1.90 bits per heavy atom. The van der Waals surface area contributed by atoms with Gasteiger partial charge in [-0.2, -0.15) is 0 Å². The third-order valence-electron chi connectivity index (χ3n) is 4.29. The van der Waals surface area contributed by atoms with Crippen molar-refractivity contribution in [2.45, 2.75) is 18.4 Å². The number of hydrogen-bond donors (Lipinski definition) is 2. The molecule has 1 saturated heterocycles. The van der Waals surface area contributed by atoms with E-state index in [1.807, 2.05) is 30.3 Å². The first-order valence-corrected chi connectivity index (χ1v) is 7.26. The second kappa shape index (κ2) is 5.50. The average Bonchev–Trinajstić information content (AvgIpc) is 3.01. The highest BCUT2D eigenvalue weighted by Crippen LogP contribution is 2.32. The number of hydrogen-bond acceptors (Lipinski definition) is 4. The lowest BCUT2D eigenvalue weighted by Gasteiger charge is -2.32. The molecule has 0 spiro atoms. The van der Waals surface area contributed by atoms with Gasteiger partial charge in [0, 0.05) is 24.5 Å². The molecule has 5 nitrogen and oxygen atoms in total. The molecule has 0 radical (unpaired) electrons. The average molecular weight is 289 g/mol. The minimum atomic E-state index is -0.878. The van der Waals surface area contributed by atoms with E-state index < -0.39 is 5.60 Å². The van der Waals surface area contributed by atoms with Crippen LogP contribution in [0.4, 0.5) is 0 Å². The second-order valence-corrected chi connectivity index (χ2v) is 5.79. The quantitative estimate of drug-likeness (QED) is 0.879. The monoisotopic (exact) mass is 289 g/mol. The molecular weight excluding hydrogens is 268 g/mol. The van der Waals surface area contributed by atoms with E-state index in [9.17, 15) is 5.11 Å². The van der Waals surface area contributed by atoms with Crippen LogP contribution >= 0.6 is 0 Å². The molecule has 2 N–H and O–H groups in total. The van der Waals surface area contributed by atoms with Gasteiger partial charge in [0.15, 0.2) is 5.76 Å². The first-order chi connectivity index (χ1) is 10.1. The van der Waals surface area contributed by atoms with Gasteiger partial charge in [0.25, 0.3) is 0 Å². The van der Waals surface area contributed by atoms with Gasteiger partial charge in [-0.25, -0.2) is 0 Å². The molecule has 3 rings (SSSR count). The number of nitrogens with one attached hydrogen (secondary N) is 1. The van der Waals surface area contributed by atoms with Crippen LogP contribution in [0.1, 0.15) is 18.6 Å². The molecular formula is C16H21N2O3+. The van der Waals surface area contributed by atoms with Crippen molar-refractivity contribution < 1.29 is 19.3 Å². The van der Waals surface area contributed by atoms with Gasteiger partial charge in [0.05, 0.1) is 27.2 Å². The summed E-state index contributed by atoms with van der Waals surface area (Å²) >= 11 is 0. The Balaban J connectivity index is 1.82. The molecule has 1 aliphatic rings. The normalized spacial score (nSPS) is 25.8. The molecule has 0 amide bonds. The van der Waals surface area contributed by atoms with Crippen LogP contribution in [-0.4, -0.2) is 37.5 Å². The fraction of sp³-hybridized carbons (Fsp3) is 0.438. The molecule has 112 valence electrons. The molecule has 0 bridgehead atoms. The first-order valence-electron chi connectivity index (χ1n) is 7.26. The van der Waals surface area contributed by atoms with E-state index in [4.69, 9.17) is 9.26 Å². The second-order valence-electron chi connectivity index (χ2n) is 5.79. The molecule has 1 aliphatic heterocycles. The van der Waals surface area contributed by atoms with Crippen LogP contribution in [0.3, 0.4) is 0 Å². The zero-order valence-electron chi connectivity index (χ0n) is 12.4. The van der Waals surface area contributed by atoms with Crippen molar-refractivity contribution in [3.05, 3.63) is 36.1 Å². The molecule has 2 heterocycles. The van der Waals surface area contributed by atoms with Crippen LogP contribution in [0.2, 0.25) is 0 Å². The lowest BCUT2D eigenvalue weighted by atomic mass is 9.89. The lowest BCUT2D eigenvalue weighted by Crippen LogP contribution is -3.10. The maximum absolute atomic E-state index is 10.7. The van der Waals surface area contributed by atoms with E-state index in [-0.39, 0.29) is 0 Å². The number of methoxy groups -OCH3 is 1. The largest absolute Gasteiger partial charge is 0.497 e. The van der Waals surface area contributed by atoms with Gasteiger partial charge in [0.2, 0.25) is 0 Å². The smallest absolute Gasteiger partial charge is 0.169 e. The van der Waals surface area contributed by atoms with Crippen LogP contribution in [0.15, 0.2) is 34.9 Å². The Morgan fingerprint density at radius 1 is 1.24 bits per heavy atom. The number of piperidine rings is 1. The van der Waals surface area contributed by atoms with Crippen molar-refractivity contribution in [1.29, 1.82) is 0 Å². The summed E-state index contributed by atoms with van der Waals surface area (Å²) in [4.78, 5) is 1.44. The number of quaternary nitrogens is 1. The molecule has 21 heavy (non-hydrogen) atoms. The molecule has 0 unspecified atom stereocenters. The van der Waals surface area contributed by atoms with Gasteiger partial charge < -0.3 is 19.3 Å². The Labute approximate surface area is 124 Å². The molecule has 5 heteroatoms. The number of likely N-dealkylation sites (tertiary alicyclic amines) is 1. The zero-order valence-corrected chi connectivity index (χ0v) is 12.4. The summed E-state index contributed by atoms with van der Waals surface area (Å²) in [7, 11) is 3.78. The highest BCUT2D eigenvalue weighted by Gasteiger charge is 2.38. The number of rotatable bonds is 3. The van der Waals surface area contributed by atoms with Crippen LogP contribution in [-0.2, 0) is 5.60 Å². The minimum absolute atomic E-state index is 0.570. The SMILES string of the molecule is COc1ccc(-c2cc(C3(O)CC[NH+](C)CC3)on2)cc1. The summed E-state index contributed by atoms with van der Waals surface area (Å²) < 4.78 is 10.6. The Morgan fingerprint density at radius 3 is 2.52 bits per heavy atom. The highest BCUT2D eigenvalue weighted by atomic mass is 16.5. The maximum Gasteiger partial charge on any atom is 0.169 e. The predicted octanol–water partition coefficient (Wildman–Crippen LogP) is 0.846. The van der Waals surface area contributed by atoms with Gasteiger partial charge in [-0.3, -0.25) is 0 Å². The van der Waals surface area contributed by atoms with E-state index in [2.05, 4.69) is 12.2 Å². The van der Waals surface area contributed by atoms with Crippen molar-refractivity contribution >= 4 is 0 Å². The van der Waals surface area contributed by atoms with Gasteiger partial charge in [-0.1, -0.05) is 5.16 Å². The van der Waals surface area contributed by atoms with Crippen molar-refractivity contribution in [2.24, 2.45) is 0 Å². The van der Waals surface area contributed by atoms with E-state index in [1.165, 1.54) is 4.90 Å². The topological polar surface area (TPSA) is 59.9 Å². The number of aliphatic hydroxyl groups is 1. The Bertz CT molecular complexity index is 598.